The average Bonchev–Trinajstić information content (AvgIpc) is 2.64. The highest BCUT2D eigenvalue weighted by Crippen LogP contribution is 2.20. The third-order valence-corrected chi connectivity index (χ3v) is 4.60. The Kier molecular flexibility index (Phi) is 4.30. The summed E-state index contributed by atoms with van der Waals surface area (Å²) >= 11 is 0. The number of aromatic nitrogens is 3. The molecule has 24 heavy (non-hydrogen) atoms. The third-order valence-electron chi connectivity index (χ3n) is 4.60. The summed E-state index contributed by atoms with van der Waals surface area (Å²) in [6, 6.07) is 3.08. The van der Waals surface area contributed by atoms with E-state index in [-0.39, 0.29) is 5.82 Å². The smallest absolute Gasteiger partial charge is 0.173 e. The van der Waals surface area contributed by atoms with Gasteiger partial charge in [0.1, 0.15) is 5.82 Å². The highest BCUT2D eigenvalue weighted by molar-refractivity contribution is 5.97. The predicted octanol–water partition coefficient (Wildman–Crippen LogP) is 2.54. The molecule has 0 N–H and O–H groups in total. The number of hydrogen-bond donors (Lipinski definition) is 0. The molecule has 2 aromatic rings. The quantitative estimate of drug-likeness (QED) is 0.870. The molecule has 0 unspecified atom stereocenters. The molecule has 0 spiro atoms. The first-order valence-corrected chi connectivity index (χ1v) is 8.50. The molecule has 4 rings (SSSR count). The fourth-order valence-electron chi connectivity index (χ4n) is 3.27. The van der Waals surface area contributed by atoms with Gasteiger partial charge in [-0.3, -0.25) is 14.9 Å². The summed E-state index contributed by atoms with van der Waals surface area (Å²) in [5, 5.41) is 0. The van der Waals surface area contributed by atoms with E-state index in [0.717, 1.165) is 61.7 Å². The second-order valence-corrected chi connectivity index (χ2v) is 6.34. The molecule has 2 aliphatic heterocycles. The summed E-state index contributed by atoms with van der Waals surface area (Å²) in [5.41, 5.74) is 3.76. The van der Waals surface area contributed by atoms with Crippen LogP contribution in [0.1, 0.15) is 42.0 Å². The molecule has 0 amide bonds. The van der Waals surface area contributed by atoms with Gasteiger partial charge in [0, 0.05) is 50.6 Å². The predicted molar refractivity (Wildman–Crippen MR) is 89.3 cm³/mol. The van der Waals surface area contributed by atoms with Gasteiger partial charge < -0.3 is 0 Å². The Morgan fingerprint density at radius 3 is 2.96 bits per heavy atom. The number of halogens is 1. The fraction of sp³-hybridized carbons (Fsp3) is 0.444. The maximum absolute atomic E-state index is 13.8. The van der Waals surface area contributed by atoms with Crippen molar-refractivity contribution in [3.63, 3.8) is 0 Å². The van der Waals surface area contributed by atoms with Crippen LogP contribution in [-0.2, 0) is 19.5 Å². The van der Waals surface area contributed by atoms with Gasteiger partial charge in [-0.15, -0.1) is 0 Å². The van der Waals surface area contributed by atoms with E-state index in [1.54, 1.807) is 12.3 Å². The molecule has 5 nitrogen and oxygen atoms in total. The van der Waals surface area contributed by atoms with Gasteiger partial charge in [-0.05, 0) is 31.4 Å². The number of aliphatic imine (C=N–C) groups is 1. The molecule has 124 valence electrons. The van der Waals surface area contributed by atoms with E-state index in [2.05, 4.69) is 19.9 Å². The SMILES string of the molecule is Fc1cccnc1CN1CCc2nc(C3=NCCCC3)ncc2C1. The van der Waals surface area contributed by atoms with Gasteiger partial charge in [0.05, 0.1) is 17.1 Å². The van der Waals surface area contributed by atoms with E-state index >= 15 is 0 Å². The second-order valence-electron chi connectivity index (χ2n) is 6.34. The van der Waals surface area contributed by atoms with Crippen LogP contribution in [0.5, 0.6) is 0 Å². The summed E-state index contributed by atoms with van der Waals surface area (Å²) < 4.78 is 13.8. The van der Waals surface area contributed by atoms with E-state index in [4.69, 9.17) is 4.98 Å². The van der Waals surface area contributed by atoms with Gasteiger partial charge in [-0.2, -0.15) is 0 Å². The molecular formula is C18H20FN5. The lowest BCUT2D eigenvalue weighted by atomic mass is 10.1. The third kappa shape index (κ3) is 3.19. The topological polar surface area (TPSA) is 54.3 Å². The van der Waals surface area contributed by atoms with Crippen LogP contribution in [-0.4, -0.2) is 38.7 Å². The van der Waals surface area contributed by atoms with E-state index < -0.39 is 0 Å². The molecule has 0 fully saturated rings. The zero-order valence-corrected chi connectivity index (χ0v) is 13.6. The van der Waals surface area contributed by atoms with Crippen molar-refractivity contribution < 1.29 is 4.39 Å². The summed E-state index contributed by atoms with van der Waals surface area (Å²) in [4.78, 5) is 20.1. The van der Waals surface area contributed by atoms with Crippen molar-refractivity contribution in [1.29, 1.82) is 0 Å². The molecule has 4 heterocycles. The molecule has 0 bridgehead atoms. The normalized spacial score (nSPS) is 18.1. The zero-order chi connectivity index (χ0) is 16.4. The van der Waals surface area contributed by atoms with Crippen molar-refractivity contribution in [2.24, 2.45) is 4.99 Å². The molecule has 0 radical (unpaired) electrons. The molecule has 0 aromatic carbocycles. The largest absolute Gasteiger partial charge is 0.293 e. The van der Waals surface area contributed by atoms with Crippen LogP contribution in [0.2, 0.25) is 0 Å². The maximum atomic E-state index is 13.8. The van der Waals surface area contributed by atoms with Crippen LogP contribution < -0.4 is 0 Å². The van der Waals surface area contributed by atoms with Crippen LogP contribution >= 0.6 is 0 Å². The number of rotatable bonds is 3. The Balaban J connectivity index is 1.49. The lowest BCUT2D eigenvalue weighted by molar-refractivity contribution is 0.236. The Morgan fingerprint density at radius 1 is 1.17 bits per heavy atom. The molecule has 0 aliphatic carbocycles. The van der Waals surface area contributed by atoms with Crippen LogP contribution in [0.25, 0.3) is 0 Å². The highest BCUT2D eigenvalue weighted by Gasteiger charge is 2.21. The number of fused-ring (bicyclic) bond motifs is 1. The summed E-state index contributed by atoms with van der Waals surface area (Å²) in [6.45, 7) is 2.99. The standard InChI is InChI=1S/C18H20FN5/c19-14-4-3-8-21-17(14)12-24-9-6-15-13(11-24)10-22-18(23-15)16-5-1-2-7-20-16/h3-4,8,10H,1-2,5-7,9,11-12H2. The Hall–Kier alpha value is -2.21. The zero-order valence-electron chi connectivity index (χ0n) is 13.6. The lowest BCUT2D eigenvalue weighted by Gasteiger charge is -2.28. The van der Waals surface area contributed by atoms with Gasteiger partial charge in [-0.25, -0.2) is 14.4 Å². The van der Waals surface area contributed by atoms with Gasteiger partial charge in [0.2, 0.25) is 0 Å². The van der Waals surface area contributed by atoms with Crippen LogP contribution in [0.3, 0.4) is 0 Å². The second kappa shape index (κ2) is 6.73. The minimum atomic E-state index is -0.245. The van der Waals surface area contributed by atoms with E-state index in [1.807, 2.05) is 6.20 Å². The van der Waals surface area contributed by atoms with Crippen LogP contribution in [0.15, 0.2) is 29.5 Å². The van der Waals surface area contributed by atoms with Crippen LogP contribution in [0, 0.1) is 5.82 Å². The minimum absolute atomic E-state index is 0.245. The summed E-state index contributed by atoms with van der Waals surface area (Å²) in [6.07, 6.45) is 7.71. The molecule has 2 aliphatic rings. The van der Waals surface area contributed by atoms with Crippen LogP contribution in [0.4, 0.5) is 4.39 Å². The average molecular weight is 325 g/mol. The monoisotopic (exact) mass is 325 g/mol. The van der Waals surface area contributed by atoms with Gasteiger partial charge in [-0.1, -0.05) is 0 Å². The van der Waals surface area contributed by atoms with Crippen molar-refractivity contribution in [1.82, 2.24) is 19.9 Å². The van der Waals surface area contributed by atoms with Crippen molar-refractivity contribution in [2.45, 2.75) is 38.8 Å². The summed E-state index contributed by atoms with van der Waals surface area (Å²) in [5.74, 6) is 0.544. The number of pyridine rings is 1. The van der Waals surface area contributed by atoms with Crippen molar-refractivity contribution >= 4 is 5.71 Å². The molecule has 2 aromatic heterocycles. The molecule has 0 saturated carbocycles. The van der Waals surface area contributed by atoms with Crippen molar-refractivity contribution in [2.75, 3.05) is 13.1 Å². The Labute approximate surface area is 140 Å². The molecular weight excluding hydrogens is 305 g/mol. The van der Waals surface area contributed by atoms with E-state index in [0.29, 0.717) is 12.2 Å². The highest BCUT2D eigenvalue weighted by atomic mass is 19.1. The minimum Gasteiger partial charge on any atom is -0.293 e. The number of nitrogens with zero attached hydrogens (tertiary/aromatic N) is 5. The fourth-order valence-corrected chi connectivity index (χ4v) is 3.27. The Bertz CT molecular complexity index is 774. The molecule has 0 saturated heterocycles. The first-order chi connectivity index (χ1) is 11.8. The number of hydrogen-bond acceptors (Lipinski definition) is 5. The molecule has 6 heteroatoms. The summed E-state index contributed by atoms with van der Waals surface area (Å²) in [7, 11) is 0. The van der Waals surface area contributed by atoms with Crippen molar-refractivity contribution in [3.8, 4) is 0 Å². The van der Waals surface area contributed by atoms with Gasteiger partial charge >= 0.3 is 0 Å². The van der Waals surface area contributed by atoms with E-state index in [1.165, 1.54) is 12.5 Å². The first kappa shape index (κ1) is 15.3. The lowest BCUT2D eigenvalue weighted by Crippen LogP contribution is -2.32. The Morgan fingerprint density at radius 2 is 2.12 bits per heavy atom. The maximum Gasteiger partial charge on any atom is 0.173 e. The van der Waals surface area contributed by atoms with Crippen molar-refractivity contribution in [3.05, 3.63) is 53.1 Å². The van der Waals surface area contributed by atoms with E-state index in [9.17, 15) is 4.39 Å². The van der Waals surface area contributed by atoms with Gasteiger partial charge in [0.25, 0.3) is 0 Å². The first-order valence-electron chi connectivity index (χ1n) is 8.50. The van der Waals surface area contributed by atoms with Gasteiger partial charge in [0.15, 0.2) is 5.82 Å². The molecule has 0 atom stereocenters.